The van der Waals surface area contributed by atoms with Gasteiger partial charge in [0.1, 0.15) is 5.92 Å². The highest BCUT2D eigenvalue weighted by molar-refractivity contribution is 6.05. The molecule has 0 unspecified atom stereocenters. The smallest absolute Gasteiger partial charge is 0.338 e. The van der Waals surface area contributed by atoms with Crippen LogP contribution in [0.2, 0.25) is 0 Å². The molecule has 1 aromatic carbocycles. The van der Waals surface area contributed by atoms with Crippen molar-refractivity contribution < 1.29 is 19.4 Å². The van der Waals surface area contributed by atoms with Crippen molar-refractivity contribution >= 4 is 16.9 Å². The predicted molar refractivity (Wildman–Crippen MR) is 80.7 cm³/mol. The lowest BCUT2D eigenvalue weighted by atomic mass is 9.96. The number of carbonyl (C=O) groups is 1. The van der Waals surface area contributed by atoms with E-state index in [2.05, 4.69) is 0 Å². The molecule has 122 valence electrons. The largest absolute Gasteiger partial charge is 0.465 e. The second-order valence-corrected chi connectivity index (χ2v) is 5.11. The fourth-order valence-corrected chi connectivity index (χ4v) is 2.68. The Morgan fingerprint density at radius 1 is 1.26 bits per heavy atom. The summed E-state index contributed by atoms with van der Waals surface area (Å²) in [5.41, 5.74) is 1.29. The minimum atomic E-state index is -0.936. The zero-order chi connectivity index (χ0) is 17.1. The molecule has 23 heavy (non-hydrogen) atoms. The highest BCUT2D eigenvalue weighted by Gasteiger charge is 2.29. The van der Waals surface area contributed by atoms with Crippen LogP contribution in [0.5, 0.6) is 0 Å². The monoisotopic (exact) mass is 321 g/mol. The van der Waals surface area contributed by atoms with Gasteiger partial charge in [-0.05, 0) is 17.7 Å². The number of fused-ring (bicyclic) bond motifs is 1. The lowest BCUT2D eigenvalue weighted by Gasteiger charge is -2.09. The zero-order valence-corrected chi connectivity index (χ0v) is 12.6. The Morgan fingerprint density at radius 3 is 2.39 bits per heavy atom. The first-order valence-corrected chi connectivity index (χ1v) is 6.75. The van der Waals surface area contributed by atoms with E-state index in [9.17, 15) is 25.0 Å². The molecule has 0 aliphatic heterocycles. The molecular formula is C14H15N3O6. The molecule has 0 aliphatic carbocycles. The Kier molecular flexibility index (Phi) is 4.58. The molecule has 0 bridgehead atoms. The van der Waals surface area contributed by atoms with Gasteiger partial charge in [0.05, 0.1) is 12.7 Å². The summed E-state index contributed by atoms with van der Waals surface area (Å²) in [7, 11) is 2.94. The number of benzene rings is 1. The van der Waals surface area contributed by atoms with Crippen molar-refractivity contribution in [2.45, 2.75) is 5.92 Å². The van der Waals surface area contributed by atoms with Gasteiger partial charge in [0.25, 0.3) is 0 Å². The molecular weight excluding hydrogens is 306 g/mol. The van der Waals surface area contributed by atoms with Crippen LogP contribution in [0.3, 0.4) is 0 Å². The quantitative estimate of drug-likeness (QED) is 0.453. The minimum absolute atomic E-state index is 0.234. The molecule has 0 N–H and O–H groups in total. The third-order valence-corrected chi connectivity index (χ3v) is 3.63. The van der Waals surface area contributed by atoms with Crippen LogP contribution >= 0.6 is 0 Å². The Morgan fingerprint density at radius 2 is 1.87 bits per heavy atom. The van der Waals surface area contributed by atoms with E-state index in [1.165, 1.54) is 13.2 Å². The molecule has 2 rings (SSSR count). The van der Waals surface area contributed by atoms with Gasteiger partial charge >= 0.3 is 5.97 Å². The third kappa shape index (κ3) is 3.28. The molecule has 2 aromatic rings. The van der Waals surface area contributed by atoms with Gasteiger partial charge in [0.2, 0.25) is 13.1 Å². The first kappa shape index (κ1) is 16.4. The van der Waals surface area contributed by atoms with Crippen LogP contribution in [0.25, 0.3) is 10.9 Å². The number of nitrogens with zero attached hydrogens (tertiary/aromatic N) is 3. The first-order valence-electron chi connectivity index (χ1n) is 6.75. The summed E-state index contributed by atoms with van der Waals surface area (Å²) in [4.78, 5) is 32.5. The molecule has 0 saturated carbocycles. The molecule has 0 spiro atoms. The second-order valence-electron chi connectivity index (χ2n) is 5.11. The molecule has 0 radical (unpaired) electrons. The summed E-state index contributed by atoms with van der Waals surface area (Å²) in [6.07, 6.45) is 1.59. The second kappa shape index (κ2) is 6.42. The Balaban J connectivity index is 2.68. The van der Waals surface area contributed by atoms with E-state index in [0.717, 1.165) is 0 Å². The Bertz CT molecular complexity index is 766. The van der Waals surface area contributed by atoms with Crippen molar-refractivity contribution in [3.8, 4) is 0 Å². The first-order chi connectivity index (χ1) is 10.8. The summed E-state index contributed by atoms with van der Waals surface area (Å²) in [5, 5.41) is 22.2. The van der Waals surface area contributed by atoms with E-state index in [0.29, 0.717) is 16.5 Å². The number of aromatic nitrogens is 1. The predicted octanol–water partition coefficient (Wildman–Crippen LogP) is 1.60. The number of aryl methyl sites for hydroxylation is 1. The van der Waals surface area contributed by atoms with Gasteiger partial charge in [0, 0.05) is 34.0 Å². The summed E-state index contributed by atoms with van der Waals surface area (Å²) in [5.74, 6) is -1.53. The number of rotatable bonds is 6. The number of hydrogen-bond acceptors (Lipinski definition) is 6. The number of carbonyl (C=O) groups excluding carboxylic acids is 1. The maximum Gasteiger partial charge on any atom is 0.338 e. The molecule has 1 aromatic heterocycles. The minimum Gasteiger partial charge on any atom is -0.465 e. The van der Waals surface area contributed by atoms with Crippen molar-refractivity contribution in [2.24, 2.45) is 7.05 Å². The van der Waals surface area contributed by atoms with Crippen molar-refractivity contribution in [3.63, 3.8) is 0 Å². The maximum absolute atomic E-state index is 12.0. The Labute approximate surface area is 130 Å². The topological polar surface area (TPSA) is 118 Å². The van der Waals surface area contributed by atoms with Crippen LogP contribution in [-0.4, -0.2) is 40.6 Å². The van der Waals surface area contributed by atoms with Gasteiger partial charge in [-0.1, -0.05) is 6.07 Å². The molecule has 9 heteroatoms. The normalized spacial score (nSPS) is 10.9. The number of hydrogen-bond donors (Lipinski definition) is 0. The number of nitro groups is 2. The van der Waals surface area contributed by atoms with E-state index in [4.69, 9.17) is 4.74 Å². The average Bonchev–Trinajstić information content (AvgIpc) is 2.82. The van der Waals surface area contributed by atoms with Gasteiger partial charge in [-0.2, -0.15) is 0 Å². The standard InChI is InChI=1S/C14H15N3O6/c1-15-8-11(9(6-16(19)20)7-17(21)22)13-10(14(18)23-2)4-3-5-12(13)15/h3-5,8-9H,6-7H2,1-2H3. The zero-order valence-electron chi connectivity index (χ0n) is 12.6. The fourth-order valence-electron chi connectivity index (χ4n) is 2.68. The van der Waals surface area contributed by atoms with E-state index < -0.39 is 34.8 Å². The van der Waals surface area contributed by atoms with Crippen LogP contribution in [0.1, 0.15) is 21.8 Å². The van der Waals surface area contributed by atoms with Crippen LogP contribution in [0.15, 0.2) is 24.4 Å². The number of methoxy groups -OCH3 is 1. The van der Waals surface area contributed by atoms with Gasteiger partial charge < -0.3 is 9.30 Å². The highest BCUT2D eigenvalue weighted by Crippen LogP contribution is 2.31. The van der Waals surface area contributed by atoms with Crippen LogP contribution in [0, 0.1) is 20.2 Å². The fraction of sp³-hybridized carbons (Fsp3) is 0.357. The molecule has 0 fully saturated rings. The van der Waals surface area contributed by atoms with E-state index in [1.54, 1.807) is 29.9 Å². The van der Waals surface area contributed by atoms with E-state index >= 15 is 0 Å². The third-order valence-electron chi connectivity index (χ3n) is 3.63. The molecule has 9 nitrogen and oxygen atoms in total. The molecule has 0 amide bonds. The summed E-state index contributed by atoms with van der Waals surface area (Å²) in [6, 6.07) is 4.93. The molecule has 0 saturated heterocycles. The summed E-state index contributed by atoms with van der Waals surface area (Å²) < 4.78 is 6.42. The van der Waals surface area contributed by atoms with Gasteiger partial charge in [-0.25, -0.2) is 4.79 Å². The lowest BCUT2D eigenvalue weighted by molar-refractivity contribution is -0.516. The number of esters is 1. The van der Waals surface area contributed by atoms with Crippen LogP contribution in [-0.2, 0) is 11.8 Å². The van der Waals surface area contributed by atoms with E-state index in [1.807, 2.05) is 0 Å². The maximum atomic E-state index is 12.0. The van der Waals surface area contributed by atoms with Crippen molar-refractivity contribution in [2.75, 3.05) is 20.2 Å². The van der Waals surface area contributed by atoms with Crippen molar-refractivity contribution in [3.05, 3.63) is 55.8 Å². The SMILES string of the molecule is COC(=O)c1cccc2c1c(C(C[N+](=O)[O-])C[N+](=O)[O-])cn2C. The van der Waals surface area contributed by atoms with Crippen molar-refractivity contribution in [1.82, 2.24) is 4.57 Å². The van der Waals surface area contributed by atoms with Gasteiger partial charge in [0.15, 0.2) is 0 Å². The van der Waals surface area contributed by atoms with Gasteiger partial charge in [-0.3, -0.25) is 20.2 Å². The number of ether oxygens (including phenoxy) is 1. The molecule has 0 aliphatic rings. The Hall–Kier alpha value is -2.97. The summed E-state index contributed by atoms with van der Waals surface area (Å²) in [6.45, 7) is -1.18. The average molecular weight is 321 g/mol. The van der Waals surface area contributed by atoms with Crippen LogP contribution in [0.4, 0.5) is 0 Å². The van der Waals surface area contributed by atoms with Gasteiger partial charge in [-0.15, -0.1) is 0 Å². The van der Waals surface area contributed by atoms with Crippen LogP contribution < -0.4 is 0 Å². The summed E-state index contributed by atoms with van der Waals surface area (Å²) >= 11 is 0. The van der Waals surface area contributed by atoms with E-state index in [-0.39, 0.29) is 5.56 Å². The molecule has 0 atom stereocenters. The highest BCUT2D eigenvalue weighted by atomic mass is 16.6. The van der Waals surface area contributed by atoms with Crippen molar-refractivity contribution in [1.29, 1.82) is 0 Å². The lowest BCUT2D eigenvalue weighted by Crippen LogP contribution is -2.21. The molecule has 1 heterocycles.